The Morgan fingerprint density at radius 1 is 1.31 bits per heavy atom. The summed E-state index contributed by atoms with van der Waals surface area (Å²) in [6.07, 6.45) is 0. The molecule has 0 bridgehead atoms. The van der Waals surface area contributed by atoms with E-state index < -0.39 is 23.3 Å². The van der Waals surface area contributed by atoms with E-state index in [1.54, 1.807) is 4.68 Å². The first kappa shape index (κ1) is 23.3. The first-order chi connectivity index (χ1) is 15.2. The van der Waals surface area contributed by atoms with Gasteiger partial charge in [0.25, 0.3) is 5.91 Å². The van der Waals surface area contributed by atoms with Crippen LogP contribution in [-0.2, 0) is 20.9 Å². The van der Waals surface area contributed by atoms with Gasteiger partial charge in [0.1, 0.15) is 28.7 Å². The van der Waals surface area contributed by atoms with Gasteiger partial charge in [-0.25, -0.2) is 4.79 Å². The van der Waals surface area contributed by atoms with Crippen LogP contribution in [0, 0.1) is 20.8 Å². The van der Waals surface area contributed by atoms with Crippen LogP contribution in [0.2, 0.25) is 0 Å². The van der Waals surface area contributed by atoms with Crippen molar-refractivity contribution in [3.05, 3.63) is 32.1 Å². The maximum Gasteiger partial charge on any atom is 0.352 e. The third-order valence-corrected chi connectivity index (χ3v) is 9.58. The molecule has 14 heteroatoms. The molecule has 2 aromatic heterocycles. The van der Waals surface area contributed by atoms with Gasteiger partial charge in [0, 0.05) is 11.5 Å². The van der Waals surface area contributed by atoms with Gasteiger partial charge in [-0.2, -0.15) is 5.10 Å². The van der Waals surface area contributed by atoms with Crippen molar-refractivity contribution < 1.29 is 19.5 Å². The molecule has 1 fully saturated rings. The number of fused-ring (bicyclic) bond motifs is 1. The standard InChI is InChI=1S/C18H19BrN6O4S3/c1-7-12(19)8(2)24(23-7)4-11(26)20-13-15(27)25-14(17(28)29)10(5-30-16(13)25)6-31-18-22-21-9(3)32-18/h13,16H,4-6H2,1-3H3,(H,20,26)(H,28,29). The number of amides is 2. The molecule has 32 heavy (non-hydrogen) atoms. The zero-order valence-corrected chi connectivity index (χ0v) is 21.3. The second-order valence-corrected chi connectivity index (χ2v) is 11.5. The van der Waals surface area contributed by atoms with Crippen LogP contribution in [0.1, 0.15) is 16.4 Å². The highest BCUT2D eigenvalue weighted by atomic mass is 79.9. The smallest absolute Gasteiger partial charge is 0.352 e. The van der Waals surface area contributed by atoms with Gasteiger partial charge >= 0.3 is 5.97 Å². The molecule has 170 valence electrons. The van der Waals surface area contributed by atoms with E-state index in [9.17, 15) is 19.5 Å². The molecule has 4 heterocycles. The first-order valence-corrected chi connectivity index (χ1v) is 13.1. The Hall–Kier alpha value is -1.90. The minimum absolute atomic E-state index is 0.000428. The van der Waals surface area contributed by atoms with Crippen LogP contribution in [-0.4, -0.2) is 70.7 Å². The van der Waals surface area contributed by atoms with Gasteiger partial charge in [-0.05, 0) is 42.3 Å². The lowest BCUT2D eigenvalue weighted by atomic mass is 10.0. The number of β-lactam (4-membered cyclic amide) rings is 1. The summed E-state index contributed by atoms with van der Waals surface area (Å²) in [5, 5.41) is 25.2. The molecule has 2 unspecified atom stereocenters. The van der Waals surface area contributed by atoms with Crippen LogP contribution in [0.5, 0.6) is 0 Å². The quantitative estimate of drug-likeness (QED) is 0.386. The van der Waals surface area contributed by atoms with E-state index in [2.05, 4.69) is 36.5 Å². The van der Waals surface area contributed by atoms with Gasteiger partial charge in [-0.15, -0.1) is 22.0 Å². The van der Waals surface area contributed by atoms with Gasteiger partial charge in [-0.3, -0.25) is 19.2 Å². The number of aryl methyl sites for hydroxylation is 2. The lowest BCUT2D eigenvalue weighted by Crippen LogP contribution is -2.70. The molecule has 2 N–H and O–H groups in total. The summed E-state index contributed by atoms with van der Waals surface area (Å²) in [5.74, 6) is -1.06. The molecule has 0 aromatic carbocycles. The summed E-state index contributed by atoms with van der Waals surface area (Å²) in [4.78, 5) is 38.6. The fourth-order valence-corrected chi connectivity index (χ4v) is 7.05. The van der Waals surface area contributed by atoms with Crippen LogP contribution in [0.25, 0.3) is 0 Å². The van der Waals surface area contributed by atoms with E-state index in [0.29, 0.717) is 17.1 Å². The van der Waals surface area contributed by atoms with Gasteiger partial charge in [0.05, 0.1) is 15.9 Å². The molecule has 4 rings (SSSR count). The van der Waals surface area contributed by atoms with E-state index in [1.165, 1.54) is 39.8 Å². The third-order valence-electron chi connectivity index (χ3n) is 5.03. The minimum Gasteiger partial charge on any atom is -0.477 e. The summed E-state index contributed by atoms with van der Waals surface area (Å²) in [6.45, 7) is 5.51. The molecule has 2 amide bonds. The third kappa shape index (κ3) is 4.32. The number of nitrogens with zero attached hydrogens (tertiary/aromatic N) is 5. The van der Waals surface area contributed by atoms with Gasteiger partial charge in [0.15, 0.2) is 4.34 Å². The summed E-state index contributed by atoms with van der Waals surface area (Å²) >= 11 is 7.72. The molecule has 0 saturated carbocycles. The monoisotopic (exact) mass is 558 g/mol. The number of rotatable bonds is 7. The predicted molar refractivity (Wildman–Crippen MR) is 124 cm³/mol. The van der Waals surface area contributed by atoms with Crippen molar-refractivity contribution in [2.75, 3.05) is 11.5 Å². The van der Waals surface area contributed by atoms with Crippen molar-refractivity contribution in [3.8, 4) is 0 Å². The number of nitrogens with one attached hydrogen (secondary N) is 1. The number of carbonyl (C=O) groups is 3. The van der Waals surface area contributed by atoms with Crippen molar-refractivity contribution in [2.24, 2.45) is 0 Å². The fraction of sp³-hybridized carbons (Fsp3) is 0.444. The Kier molecular flexibility index (Phi) is 6.66. The number of hydrogen-bond donors (Lipinski definition) is 2. The van der Waals surface area contributed by atoms with Crippen molar-refractivity contribution in [1.29, 1.82) is 0 Å². The number of thioether (sulfide) groups is 2. The topological polar surface area (TPSA) is 130 Å². The number of carboxylic acids is 1. The van der Waals surface area contributed by atoms with Crippen molar-refractivity contribution in [3.63, 3.8) is 0 Å². The largest absolute Gasteiger partial charge is 0.477 e. The minimum atomic E-state index is -1.15. The SMILES string of the molecule is Cc1nnc(SCC2=C(C(=O)O)N3C(=O)C(NC(=O)Cn4nc(C)c(Br)c4C)C3SC2)s1. The van der Waals surface area contributed by atoms with E-state index in [4.69, 9.17) is 0 Å². The van der Waals surface area contributed by atoms with Gasteiger partial charge in [-0.1, -0.05) is 23.1 Å². The van der Waals surface area contributed by atoms with E-state index in [1.807, 2.05) is 20.8 Å². The second-order valence-electron chi connectivity index (χ2n) is 7.23. The lowest BCUT2D eigenvalue weighted by Gasteiger charge is -2.49. The van der Waals surface area contributed by atoms with Crippen LogP contribution in [0.15, 0.2) is 20.1 Å². The Labute approximate surface area is 204 Å². The van der Waals surface area contributed by atoms with Crippen LogP contribution < -0.4 is 5.32 Å². The maximum atomic E-state index is 12.8. The zero-order valence-electron chi connectivity index (χ0n) is 17.3. The lowest BCUT2D eigenvalue weighted by molar-refractivity contribution is -0.150. The average Bonchev–Trinajstić information content (AvgIpc) is 3.27. The van der Waals surface area contributed by atoms with Crippen LogP contribution >= 0.6 is 50.8 Å². The van der Waals surface area contributed by atoms with Crippen LogP contribution in [0.4, 0.5) is 0 Å². The van der Waals surface area contributed by atoms with E-state index >= 15 is 0 Å². The van der Waals surface area contributed by atoms with Crippen molar-refractivity contribution >= 4 is 68.6 Å². The second kappa shape index (κ2) is 9.15. The van der Waals surface area contributed by atoms with Crippen molar-refractivity contribution in [2.45, 2.75) is 43.1 Å². The highest BCUT2D eigenvalue weighted by Crippen LogP contribution is 2.41. The Morgan fingerprint density at radius 2 is 2.06 bits per heavy atom. The molecule has 2 aromatic rings. The maximum absolute atomic E-state index is 12.8. The highest BCUT2D eigenvalue weighted by molar-refractivity contribution is 9.10. The first-order valence-electron chi connectivity index (χ1n) is 9.49. The normalized spacial score (nSPS) is 20.2. The fourth-order valence-electron chi connectivity index (χ4n) is 3.46. The molecule has 2 aliphatic rings. The molecule has 0 radical (unpaired) electrons. The Bertz CT molecular complexity index is 1150. The summed E-state index contributed by atoms with van der Waals surface area (Å²) in [6, 6.07) is -0.762. The summed E-state index contributed by atoms with van der Waals surface area (Å²) in [5.41, 5.74) is 2.24. The van der Waals surface area contributed by atoms with E-state index in [0.717, 1.165) is 25.2 Å². The van der Waals surface area contributed by atoms with Crippen molar-refractivity contribution in [1.82, 2.24) is 30.2 Å². The van der Waals surface area contributed by atoms with E-state index in [-0.39, 0.29) is 18.1 Å². The number of hydrogen-bond acceptors (Lipinski definition) is 9. The number of carboxylic acid groups (broad SMARTS) is 1. The Balaban J connectivity index is 1.43. The number of aliphatic carboxylic acids is 1. The van der Waals surface area contributed by atoms with Gasteiger partial charge in [0.2, 0.25) is 5.91 Å². The molecule has 0 aliphatic carbocycles. The summed E-state index contributed by atoms with van der Waals surface area (Å²) < 4.78 is 3.16. The van der Waals surface area contributed by atoms with Gasteiger partial charge < -0.3 is 10.4 Å². The molecule has 2 atom stereocenters. The van der Waals surface area contributed by atoms with Crippen LogP contribution in [0.3, 0.4) is 0 Å². The average molecular weight is 559 g/mol. The number of carbonyl (C=O) groups excluding carboxylic acids is 2. The molecule has 2 aliphatic heterocycles. The molecule has 1 saturated heterocycles. The molecular weight excluding hydrogens is 540 g/mol. The zero-order chi connectivity index (χ0) is 23.2. The number of aromatic nitrogens is 4. The molecule has 10 nitrogen and oxygen atoms in total. The number of halogens is 1. The molecule has 0 spiro atoms. The Morgan fingerprint density at radius 3 is 2.66 bits per heavy atom. The predicted octanol–water partition coefficient (Wildman–Crippen LogP) is 1.95. The highest BCUT2D eigenvalue weighted by Gasteiger charge is 2.54. The molecular formula is C18H19BrN6O4S3. The summed E-state index contributed by atoms with van der Waals surface area (Å²) in [7, 11) is 0.